The van der Waals surface area contributed by atoms with Gasteiger partial charge in [0.2, 0.25) is 0 Å². The van der Waals surface area contributed by atoms with Crippen molar-refractivity contribution >= 4 is 5.97 Å². The van der Waals surface area contributed by atoms with Gasteiger partial charge in [-0.1, -0.05) is 24.3 Å². The highest BCUT2D eigenvalue weighted by Crippen LogP contribution is 2.31. The van der Waals surface area contributed by atoms with Crippen LogP contribution in [-0.4, -0.2) is 79.7 Å². The number of aliphatic hydroxyl groups is 3. The summed E-state index contributed by atoms with van der Waals surface area (Å²) in [6.07, 6.45) is 2.59. The molecule has 0 amide bonds. The third-order valence-corrected chi connectivity index (χ3v) is 4.08. The summed E-state index contributed by atoms with van der Waals surface area (Å²) >= 11 is 0. The van der Waals surface area contributed by atoms with Crippen LogP contribution in [0.5, 0.6) is 0 Å². The molecule has 164 valence electrons. The Hall–Kier alpha value is -1.81. The minimum atomic E-state index is -0.983. The van der Waals surface area contributed by atoms with Crippen LogP contribution >= 0.6 is 0 Å². The van der Waals surface area contributed by atoms with Gasteiger partial charge < -0.3 is 34.3 Å². The predicted octanol–water partition coefficient (Wildman–Crippen LogP) is 1.25. The van der Waals surface area contributed by atoms with Crippen molar-refractivity contribution in [2.45, 2.75) is 25.6 Å². The summed E-state index contributed by atoms with van der Waals surface area (Å²) in [7, 11) is 0. The maximum Gasteiger partial charge on any atom is 0.338 e. The minimum Gasteiger partial charge on any atom is -0.460 e. The van der Waals surface area contributed by atoms with Crippen molar-refractivity contribution < 1.29 is 39.1 Å². The molecule has 1 aromatic carbocycles. The Morgan fingerprint density at radius 1 is 1.00 bits per heavy atom. The molecule has 0 fully saturated rings. The molecule has 1 rings (SSSR count). The van der Waals surface area contributed by atoms with Crippen molar-refractivity contribution in [1.29, 1.82) is 0 Å². The average Bonchev–Trinajstić information content (AvgIpc) is 2.73. The first-order valence-electron chi connectivity index (χ1n) is 9.58. The van der Waals surface area contributed by atoms with Gasteiger partial charge in [0.25, 0.3) is 0 Å². The van der Waals surface area contributed by atoms with Gasteiger partial charge in [-0.2, -0.15) is 0 Å². The fraction of sp³-hybridized carbons (Fsp3) is 0.571. The maximum atomic E-state index is 12.0. The van der Waals surface area contributed by atoms with E-state index in [4.69, 9.17) is 29.2 Å². The SMILES string of the molecule is CC=CC(C)(OCCOCCO)C(O)c1ccc(C(=O)OCCOCCO)cc1. The van der Waals surface area contributed by atoms with E-state index in [2.05, 4.69) is 0 Å². The van der Waals surface area contributed by atoms with Gasteiger partial charge in [0.15, 0.2) is 0 Å². The molecule has 3 N–H and O–H groups in total. The third-order valence-electron chi connectivity index (χ3n) is 4.08. The quantitative estimate of drug-likeness (QED) is 0.224. The zero-order chi connectivity index (χ0) is 21.5. The molecule has 0 radical (unpaired) electrons. The highest BCUT2D eigenvalue weighted by Gasteiger charge is 2.32. The van der Waals surface area contributed by atoms with Crippen LogP contribution in [0.15, 0.2) is 36.4 Å². The lowest BCUT2D eigenvalue weighted by Gasteiger charge is -2.32. The van der Waals surface area contributed by atoms with Gasteiger partial charge in [-0.15, -0.1) is 0 Å². The molecule has 0 aliphatic heterocycles. The number of ether oxygens (including phenoxy) is 4. The lowest BCUT2D eigenvalue weighted by Crippen LogP contribution is -2.35. The summed E-state index contributed by atoms with van der Waals surface area (Å²) in [4.78, 5) is 12.0. The molecule has 2 atom stereocenters. The smallest absolute Gasteiger partial charge is 0.338 e. The Morgan fingerprint density at radius 3 is 2.14 bits per heavy atom. The number of aliphatic hydroxyl groups excluding tert-OH is 3. The molecule has 1 aromatic rings. The van der Waals surface area contributed by atoms with Crippen molar-refractivity contribution in [3.05, 3.63) is 47.5 Å². The zero-order valence-corrected chi connectivity index (χ0v) is 17.1. The van der Waals surface area contributed by atoms with Crippen molar-refractivity contribution in [2.24, 2.45) is 0 Å². The van der Waals surface area contributed by atoms with Gasteiger partial charge >= 0.3 is 5.97 Å². The van der Waals surface area contributed by atoms with Crippen LogP contribution < -0.4 is 0 Å². The first kappa shape index (κ1) is 25.2. The molecule has 0 saturated carbocycles. The molecule has 29 heavy (non-hydrogen) atoms. The van der Waals surface area contributed by atoms with Crippen LogP contribution in [0, 0.1) is 0 Å². The summed E-state index contributed by atoms with van der Waals surface area (Å²) in [6, 6.07) is 6.46. The molecular weight excluding hydrogens is 380 g/mol. The van der Waals surface area contributed by atoms with Gasteiger partial charge in [-0.05, 0) is 31.5 Å². The normalized spacial score (nSPS) is 14.7. The van der Waals surface area contributed by atoms with E-state index in [1.54, 1.807) is 43.3 Å². The van der Waals surface area contributed by atoms with Gasteiger partial charge in [0, 0.05) is 0 Å². The number of carbonyl (C=O) groups excluding carboxylic acids is 1. The van der Waals surface area contributed by atoms with Crippen molar-refractivity contribution in [1.82, 2.24) is 0 Å². The van der Waals surface area contributed by atoms with Crippen molar-refractivity contribution in [2.75, 3.05) is 52.9 Å². The van der Waals surface area contributed by atoms with Gasteiger partial charge in [-0.3, -0.25) is 0 Å². The summed E-state index contributed by atoms with van der Waals surface area (Å²) in [5, 5.41) is 28.2. The van der Waals surface area contributed by atoms with Crippen LogP contribution in [-0.2, 0) is 18.9 Å². The predicted molar refractivity (Wildman–Crippen MR) is 107 cm³/mol. The number of benzene rings is 1. The Morgan fingerprint density at radius 2 is 1.59 bits per heavy atom. The summed E-state index contributed by atoms with van der Waals surface area (Å²) < 4.78 is 21.1. The molecule has 0 bridgehead atoms. The van der Waals surface area contributed by atoms with Crippen LogP contribution in [0.4, 0.5) is 0 Å². The van der Waals surface area contributed by atoms with Crippen LogP contribution in [0.3, 0.4) is 0 Å². The minimum absolute atomic E-state index is 0.0563. The number of allylic oxidation sites excluding steroid dienone is 1. The average molecular weight is 412 g/mol. The topological polar surface area (TPSA) is 115 Å². The number of hydrogen-bond acceptors (Lipinski definition) is 8. The standard InChI is InChI=1S/C21H32O8/c1-3-8-21(2,29-16-14-27-12-10-23)19(24)17-4-6-18(7-5-17)20(25)28-15-13-26-11-9-22/h3-8,19,22-24H,9-16H2,1-2H3. The molecule has 8 nitrogen and oxygen atoms in total. The van der Waals surface area contributed by atoms with E-state index < -0.39 is 17.7 Å². The lowest BCUT2D eigenvalue weighted by atomic mass is 9.91. The monoisotopic (exact) mass is 412 g/mol. The highest BCUT2D eigenvalue weighted by atomic mass is 16.6. The second-order valence-electron chi connectivity index (χ2n) is 6.36. The molecule has 0 aliphatic rings. The number of hydrogen-bond donors (Lipinski definition) is 3. The summed E-state index contributed by atoms with van der Waals surface area (Å²) in [5.41, 5.74) is -0.0393. The number of rotatable bonds is 15. The summed E-state index contributed by atoms with van der Waals surface area (Å²) in [6.45, 7) is 4.75. The van der Waals surface area contributed by atoms with E-state index in [1.165, 1.54) is 0 Å². The molecule has 8 heteroatoms. The first-order chi connectivity index (χ1) is 14.0. The Bertz CT molecular complexity index is 601. The third kappa shape index (κ3) is 9.03. The Labute approximate surface area is 171 Å². The van der Waals surface area contributed by atoms with E-state index in [0.29, 0.717) is 17.7 Å². The highest BCUT2D eigenvalue weighted by molar-refractivity contribution is 5.89. The molecule has 0 heterocycles. The Kier molecular flexibility index (Phi) is 12.4. The van der Waals surface area contributed by atoms with Crippen molar-refractivity contribution in [3.8, 4) is 0 Å². The fourth-order valence-electron chi connectivity index (χ4n) is 2.61. The van der Waals surface area contributed by atoms with Gasteiger partial charge in [0.1, 0.15) is 18.3 Å². The number of esters is 1. The van der Waals surface area contributed by atoms with Gasteiger partial charge in [0.05, 0.1) is 51.8 Å². The van der Waals surface area contributed by atoms with Crippen LogP contribution in [0.1, 0.15) is 35.9 Å². The molecule has 0 saturated heterocycles. The van der Waals surface area contributed by atoms with E-state index in [1.807, 2.05) is 6.92 Å². The maximum absolute atomic E-state index is 12.0. The second kappa shape index (κ2) is 14.2. The second-order valence-corrected chi connectivity index (χ2v) is 6.36. The molecule has 0 spiro atoms. The summed E-state index contributed by atoms with van der Waals surface area (Å²) in [5.74, 6) is -0.493. The largest absolute Gasteiger partial charge is 0.460 e. The van der Waals surface area contributed by atoms with Crippen LogP contribution in [0.2, 0.25) is 0 Å². The van der Waals surface area contributed by atoms with E-state index in [9.17, 15) is 9.90 Å². The number of carbonyl (C=O) groups is 1. The molecule has 2 unspecified atom stereocenters. The van der Waals surface area contributed by atoms with E-state index in [0.717, 1.165) is 0 Å². The molecule has 0 aliphatic carbocycles. The lowest BCUT2D eigenvalue weighted by molar-refractivity contribution is -0.0974. The van der Waals surface area contributed by atoms with Crippen molar-refractivity contribution in [3.63, 3.8) is 0 Å². The first-order valence-corrected chi connectivity index (χ1v) is 9.58. The van der Waals surface area contributed by atoms with E-state index in [-0.39, 0.29) is 46.2 Å². The molecule has 0 aromatic heterocycles. The fourth-order valence-corrected chi connectivity index (χ4v) is 2.61. The van der Waals surface area contributed by atoms with Crippen LogP contribution in [0.25, 0.3) is 0 Å². The van der Waals surface area contributed by atoms with Gasteiger partial charge in [-0.25, -0.2) is 4.79 Å². The Balaban J connectivity index is 2.66. The van der Waals surface area contributed by atoms with E-state index >= 15 is 0 Å². The zero-order valence-electron chi connectivity index (χ0n) is 17.1. The molecular formula is C21H32O8.